The van der Waals surface area contributed by atoms with Crippen LogP contribution in [0.3, 0.4) is 0 Å². The van der Waals surface area contributed by atoms with E-state index in [0.29, 0.717) is 15.5 Å². The summed E-state index contributed by atoms with van der Waals surface area (Å²) in [6.45, 7) is 7.67. The van der Waals surface area contributed by atoms with E-state index in [0.717, 1.165) is 30.9 Å². The van der Waals surface area contributed by atoms with Crippen LogP contribution in [0.5, 0.6) is 0 Å². The van der Waals surface area contributed by atoms with Gasteiger partial charge in [-0.1, -0.05) is 32.1 Å². The third-order valence-corrected chi connectivity index (χ3v) is 4.43. The van der Waals surface area contributed by atoms with Crippen molar-refractivity contribution in [2.24, 2.45) is 5.73 Å². The van der Waals surface area contributed by atoms with Crippen LogP contribution in [0, 0.1) is 0 Å². The second-order valence-corrected chi connectivity index (χ2v) is 7.15. The molecule has 18 heavy (non-hydrogen) atoms. The predicted molar refractivity (Wildman–Crippen MR) is 81.9 cm³/mol. The molecule has 98 valence electrons. The summed E-state index contributed by atoms with van der Waals surface area (Å²) in [4.78, 5) is 7.13. The van der Waals surface area contributed by atoms with Gasteiger partial charge in [0.25, 0.3) is 0 Å². The van der Waals surface area contributed by atoms with Crippen molar-refractivity contribution in [2.45, 2.75) is 30.9 Å². The van der Waals surface area contributed by atoms with Crippen molar-refractivity contribution in [3.8, 4) is 0 Å². The van der Waals surface area contributed by atoms with Crippen molar-refractivity contribution in [1.82, 2.24) is 9.88 Å². The Morgan fingerprint density at radius 1 is 1.50 bits per heavy atom. The fraction of sp³-hybridized carbons (Fsp3) is 0.538. The van der Waals surface area contributed by atoms with Gasteiger partial charge in [0.05, 0.1) is 0 Å². The molecule has 1 saturated heterocycles. The summed E-state index contributed by atoms with van der Waals surface area (Å²) in [5, 5.41) is 1.36. The highest BCUT2D eigenvalue weighted by Gasteiger charge is 2.23. The van der Waals surface area contributed by atoms with Gasteiger partial charge in [0.2, 0.25) is 0 Å². The van der Waals surface area contributed by atoms with Gasteiger partial charge in [0.1, 0.15) is 10.7 Å². The number of hydrogen-bond donors (Lipinski definition) is 1. The lowest BCUT2D eigenvalue weighted by Crippen LogP contribution is -2.40. The smallest absolute Gasteiger partial charge is 0.123 e. The average Bonchev–Trinajstić information content (AvgIpc) is 2.27. The summed E-state index contributed by atoms with van der Waals surface area (Å²) >= 11 is 7.11. The van der Waals surface area contributed by atoms with E-state index >= 15 is 0 Å². The second kappa shape index (κ2) is 5.99. The fourth-order valence-electron chi connectivity index (χ4n) is 2.44. The summed E-state index contributed by atoms with van der Waals surface area (Å²) in [5.41, 5.74) is 7.63. The molecule has 1 fully saturated rings. The SMILES string of the molecule is CC1CN(Cc2cccnc2C(N)=S)CC(C)S1. The summed E-state index contributed by atoms with van der Waals surface area (Å²) in [7, 11) is 0. The number of thioether (sulfide) groups is 1. The van der Waals surface area contributed by atoms with E-state index in [1.54, 1.807) is 6.20 Å². The van der Waals surface area contributed by atoms with Crippen LogP contribution in [0.25, 0.3) is 0 Å². The molecule has 0 saturated carbocycles. The molecular weight excluding hydrogens is 262 g/mol. The van der Waals surface area contributed by atoms with Gasteiger partial charge in [-0.2, -0.15) is 11.8 Å². The average molecular weight is 281 g/mol. The largest absolute Gasteiger partial charge is 0.388 e. The molecular formula is C13H19N3S2. The third kappa shape index (κ3) is 3.43. The number of pyridine rings is 1. The second-order valence-electron chi connectivity index (χ2n) is 4.83. The van der Waals surface area contributed by atoms with E-state index in [-0.39, 0.29) is 0 Å². The molecule has 0 amide bonds. The number of hydrogen-bond acceptors (Lipinski definition) is 4. The van der Waals surface area contributed by atoms with Gasteiger partial charge < -0.3 is 5.73 Å². The van der Waals surface area contributed by atoms with Gasteiger partial charge in [-0.15, -0.1) is 0 Å². The molecule has 0 aliphatic carbocycles. The van der Waals surface area contributed by atoms with Gasteiger partial charge >= 0.3 is 0 Å². The Morgan fingerprint density at radius 3 is 2.78 bits per heavy atom. The predicted octanol–water partition coefficient (Wildman–Crippen LogP) is 2.04. The van der Waals surface area contributed by atoms with E-state index in [4.69, 9.17) is 18.0 Å². The number of thiocarbonyl (C=S) groups is 1. The van der Waals surface area contributed by atoms with Crippen molar-refractivity contribution in [3.63, 3.8) is 0 Å². The zero-order chi connectivity index (χ0) is 13.1. The maximum Gasteiger partial charge on any atom is 0.123 e. The van der Waals surface area contributed by atoms with Gasteiger partial charge in [-0.3, -0.25) is 9.88 Å². The van der Waals surface area contributed by atoms with Crippen LogP contribution >= 0.6 is 24.0 Å². The van der Waals surface area contributed by atoms with E-state index in [2.05, 4.69) is 41.6 Å². The van der Waals surface area contributed by atoms with Gasteiger partial charge in [0.15, 0.2) is 0 Å². The molecule has 0 aromatic carbocycles. The summed E-state index contributed by atoms with van der Waals surface area (Å²) in [6.07, 6.45) is 1.75. The van der Waals surface area contributed by atoms with E-state index in [9.17, 15) is 0 Å². The minimum Gasteiger partial charge on any atom is -0.388 e. The highest BCUT2D eigenvalue weighted by atomic mass is 32.2. The normalized spacial score (nSPS) is 25.0. The Kier molecular flexibility index (Phi) is 4.59. The molecule has 0 bridgehead atoms. The highest BCUT2D eigenvalue weighted by Crippen LogP contribution is 2.25. The Balaban J connectivity index is 2.11. The molecule has 2 heterocycles. The molecule has 1 aliphatic rings. The topological polar surface area (TPSA) is 42.2 Å². The van der Waals surface area contributed by atoms with Crippen molar-refractivity contribution < 1.29 is 0 Å². The fourth-order valence-corrected chi connectivity index (χ4v) is 4.01. The van der Waals surface area contributed by atoms with E-state index in [1.165, 1.54) is 0 Å². The maximum absolute atomic E-state index is 5.72. The lowest BCUT2D eigenvalue weighted by molar-refractivity contribution is 0.262. The first kappa shape index (κ1) is 13.8. The minimum absolute atomic E-state index is 0.387. The number of nitrogens with zero attached hydrogens (tertiary/aromatic N) is 2. The number of rotatable bonds is 3. The first-order valence-electron chi connectivity index (χ1n) is 6.17. The van der Waals surface area contributed by atoms with Crippen molar-refractivity contribution >= 4 is 29.0 Å². The zero-order valence-electron chi connectivity index (χ0n) is 10.8. The Hall–Kier alpha value is -0.650. The van der Waals surface area contributed by atoms with Crippen LogP contribution in [-0.2, 0) is 6.54 Å². The zero-order valence-corrected chi connectivity index (χ0v) is 12.4. The molecule has 2 unspecified atom stereocenters. The first-order valence-corrected chi connectivity index (χ1v) is 7.53. The third-order valence-electron chi connectivity index (χ3n) is 3.01. The molecule has 1 aromatic heterocycles. The lowest BCUT2D eigenvalue weighted by atomic mass is 10.1. The molecule has 2 N–H and O–H groups in total. The van der Waals surface area contributed by atoms with Gasteiger partial charge in [-0.05, 0) is 11.6 Å². The van der Waals surface area contributed by atoms with Crippen LogP contribution in [0.1, 0.15) is 25.1 Å². The lowest BCUT2D eigenvalue weighted by Gasteiger charge is -2.34. The molecule has 0 spiro atoms. The Bertz CT molecular complexity index is 426. The van der Waals surface area contributed by atoms with Crippen LogP contribution in [0.4, 0.5) is 0 Å². The Labute approximate surface area is 118 Å². The van der Waals surface area contributed by atoms with Crippen LogP contribution in [0.15, 0.2) is 18.3 Å². The molecule has 2 atom stereocenters. The summed E-state index contributed by atoms with van der Waals surface area (Å²) in [6, 6.07) is 4.02. The van der Waals surface area contributed by atoms with Crippen LogP contribution < -0.4 is 5.73 Å². The molecule has 1 aliphatic heterocycles. The molecule has 5 heteroatoms. The molecule has 2 rings (SSSR count). The van der Waals surface area contributed by atoms with E-state index in [1.807, 2.05) is 6.07 Å². The maximum atomic E-state index is 5.72. The van der Waals surface area contributed by atoms with E-state index < -0.39 is 0 Å². The first-order chi connectivity index (χ1) is 8.56. The summed E-state index contributed by atoms with van der Waals surface area (Å²) < 4.78 is 0. The number of nitrogens with two attached hydrogens (primary N) is 1. The van der Waals surface area contributed by atoms with Gasteiger partial charge in [0, 0.05) is 36.3 Å². The highest BCUT2D eigenvalue weighted by molar-refractivity contribution is 8.00. The number of aromatic nitrogens is 1. The van der Waals surface area contributed by atoms with Crippen LogP contribution in [0.2, 0.25) is 0 Å². The van der Waals surface area contributed by atoms with Gasteiger partial charge in [-0.25, -0.2) is 0 Å². The van der Waals surface area contributed by atoms with Crippen molar-refractivity contribution in [2.75, 3.05) is 13.1 Å². The van der Waals surface area contributed by atoms with Crippen molar-refractivity contribution in [3.05, 3.63) is 29.6 Å². The van der Waals surface area contributed by atoms with Crippen LogP contribution in [-0.4, -0.2) is 38.5 Å². The molecule has 0 radical (unpaired) electrons. The van der Waals surface area contributed by atoms with Crippen molar-refractivity contribution in [1.29, 1.82) is 0 Å². The summed E-state index contributed by atoms with van der Waals surface area (Å²) in [5.74, 6) is 0. The quantitative estimate of drug-likeness (QED) is 0.859. The Morgan fingerprint density at radius 2 is 2.17 bits per heavy atom. The monoisotopic (exact) mass is 281 g/mol. The molecule has 3 nitrogen and oxygen atoms in total. The molecule has 1 aromatic rings. The standard InChI is InChI=1S/C13H19N3S2/c1-9-6-16(7-10(2)18-9)8-11-4-3-5-15-12(11)13(14)17/h3-5,9-10H,6-8H2,1-2H3,(H2,14,17). The minimum atomic E-state index is 0.387.